The molecule has 0 aliphatic heterocycles. The average molecular weight is 399 g/mol. The summed E-state index contributed by atoms with van der Waals surface area (Å²) in [6.07, 6.45) is 0.227. The normalized spacial score (nSPS) is 16.2. The van der Waals surface area contributed by atoms with Crippen LogP contribution in [0.2, 0.25) is 0 Å². The number of aliphatic imine (C=N–C) groups is 1. The molecule has 0 saturated heterocycles. The van der Waals surface area contributed by atoms with Crippen molar-refractivity contribution in [3.63, 3.8) is 0 Å². The Kier molecular flexibility index (Phi) is 7.71. The van der Waals surface area contributed by atoms with Crippen molar-refractivity contribution in [1.29, 1.82) is 0 Å². The van der Waals surface area contributed by atoms with E-state index in [1.807, 2.05) is 0 Å². The third-order valence-electron chi connectivity index (χ3n) is 5.26. The van der Waals surface area contributed by atoms with Crippen molar-refractivity contribution in [2.75, 3.05) is 27.2 Å². The summed E-state index contributed by atoms with van der Waals surface area (Å²) >= 11 is 0. The summed E-state index contributed by atoms with van der Waals surface area (Å²) in [5.41, 5.74) is -0.192. The second-order valence-corrected chi connectivity index (χ2v) is 7.10. The second-order valence-electron chi connectivity index (χ2n) is 7.10. The van der Waals surface area contributed by atoms with Crippen LogP contribution < -0.4 is 10.6 Å². The highest BCUT2D eigenvalue weighted by Gasteiger charge is 2.40. The number of hydrogen-bond donors (Lipinski definition) is 2. The lowest BCUT2D eigenvalue weighted by Gasteiger charge is -2.43. The van der Waals surface area contributed by atoms with Gasteiger partial charge in [-0.15, -0.1) is 0 Å². The van der Waals surface area contributed by atoms with E-state index in [0.717, 1.165) is 37.3 Å². The minimum Gasteiger partial charge on any atom is -0.469 e. The van der Waals surface area contributed by atoms with Crippen molar-refractivity contribution in [2.24, 2.45) is 4.99 Å². The second kappa shape index (κ2) is 9.80. The first-order chi connectivity index (χ1) is 13.3. The van der Waals surface area contributed by atoms with Crippen LogP contribution >= 0.6 is 0 Å². The molecule has 0 spiro atoms. The van der Waals surface area contributed by atoms with Crippen LogP contribution in [0.15, 0.2) is 29.3 Å². The van der Waals surface area contributed by atoms with Crippen LogP contribution in [0.5, 0.6) is 0 Å². The van der Waals surface area contributed by atoms with E-state index in [4.69, 9.17) is 0 Å². The summed E-state index contributed by atoms with van der Waals surface area (Å²) in [6.45, 7) is 1.17. The maximum atomic E-state index is 13.0. The quantitative estimate of drug-likeness (QED) is 0.303. The zero-order valence-electron chi connectivity index (χ0n) is 16.4. The Hall–Kier alpha value is -2.25. The van der Waals surface area contributed by atoms with Crippen LogP contribution in [0.25, 0.3) is 0 Å². The molecular formula is C20H28F3N3O2. The first-order valence-electron chi connectivity index (χ1n) is 9.50. The summed E-state index contributed by atoms with van der Waals surface area (Å²) in [5, 5.41) is 6.42. The van der Waals surface area contributed by atoms with Crippen molar-refractivity contribution in [1.82, 2.24) is 10.6 Å². The Labute approximate surface area is 163 Å². The summed E-state index contributed by atoms with van der Waals surface area (Å²) in [7, 11) is 3.02. The number of halogens is 3. The fourth-order valence-electron chi connectivity index (χ4n) is 3.37. The van der Waals surface area contributed by atoms with Gasteiger partial charge in [-0.05, 0) is 37.3 Å². The van der Waals surface area contributed by atoms with Gasteiger partial charge in [0.25, 0.3) is 0 Å². The van der Waals surface area contributed by atoms with Gasteiger partial charge in [0.2, 0.25) is 0 Å². The number of carbonyl (C=O) groups is 1. The highest BCUT2D eigenvalue weighted by molar-refractivity contribution is 5.79. The molecule has 0 aromatic heterocycles. The molecule has 2 N–H and O–H groups in total. The smallest absolute Gasteiger partial charge is 0.416 e. The number of hydrogen-bond acceptors (Lipinski definition) is 3. The third kappa shape index (κ3) is 5.87. The molecule has 2 rings (SSSR count). The van der Waals surface area contributed by atoms with E-state index in [-0.39, 0.29) is 11.4 Å². The number of nitrogens with one attached hydrogen (secondary N) is 2. The first kappa shape index (κ1) is 22.0. The van der Waals surface area contributed by atoms with Gasteiger partial charge in [-0.3, -0.25) is 9.79 Å². The number of carbonyl (C=O) groups excluding carboxylic acids is 1. The number of rotatable bonds is 8. The van der Waals surface area contributed by atoms with E-state index in [9.17, 15) is 18.0 Å². The average Bonchev–Trinajstić information content (AvgIpc) is 2.64. The van der Waals surface area contributed by atoms with Gasteiger partial charge in [0.15, 0.2) is 5.96 Å². The summed E-state index contributed by atoms with van der Waals surface area (Å²) in [4.78, 5) is 15.3. The van der Waals surface area contributed by atoms with Gasteiger partial charge in [0.05, 0.1) is 12.7 Å². The Bertz CT molecular complexity index is 686. The number of unbranched alkanes of at least 4 members (excludes halogenated alkanes) is 1. The van der Waals surface area contributed by atoms with Crippen LogP contribution in [0.3, 0.4) is 0 Å². The van der Waals surface area contributed by atoms with Crippen LogP contribution in [0, 0.1) is 0 Å². The lowest BCUT2D eigenvalue weighted by atomic mass is 9.64. The largest absolute Gasteiger partial charge is 0.469 e. The van der Waals surface area contributed by atoms with Crippen LogP contribution in [0.1, 0.15) is 49.7 Å². The van der Waals surface area contributed by atoms with Crippen LogP contribution in [0.4, 0.5) is 13.2 Å². The summed E-state index contributed by atoms with van der Waals surface area (Å²) in [6, 6.07) is 5.63. The van der Waals surface area contributed by atoms with E-state index in [2.05, 4.69) is 20.4 Å². The number of alkyl halides is 3. The molecule has 1 aromatic carbocycles. The number of nitrogens with zero attached hydrogens (tertiary/aromatic N) is 1. The molecule has 1 aliphatic carbocycles. The van der Waals surface area contributed by atoms with Crippen molar-refractivity contribution in [3.8, 4) is 0 Å². The molecule has 8 heteroatoms. The Morgan fingerprint density at radius 1 is 1.25 bits per heavy atom. The van der Waals surface area contributed by atoms with E-state index in [1.165, 1.54) is 19.2 Å². The molecule has 0 bridgehead atoms. The first-order valence-corrected chi connectivity index (χ1v) is 9.50. The van der Waals surface area contributed by atoms with Crippen molar-refractivity contribution >= 4 is 11.9 Å². The molecule has 1 aromatic rings. The van der Waals surface area contributed by atoms with E-state index >= 15 is 0 Å². The number of benzene rings is 1. The van der Waals surface area contributed by atoms with Crippen molar-refractivity contribution in [2.45, 2.75) is 50.1 Å². The topological polar surface area (TPSA) is 62.7 Å². The maximum absolute atomic E-state index is 13.0. The molecule has 1 fully saturated rings. The molecule has 28 heavy (non-hydrogen) atoms. The number of methoxy groups -OCH3 is 1. The minimum absolute atomic E-state index is 0.226. The van der Waals surface area contributed by atoms with Crippen LogP contribution in [-0.2, 0) is 21.1 Å². The van der Waals surface area contributed by atoms with Gasteiger partial charge < -0.3 is 15.4 Å². The lowest BCUT2D eigenvalue weighted by Crippen LogP contribution is -2.49. The third-order valence-corrected chi connectivity index (χ3v) is 5.26. The molecule has 0 heterocycles. The zero-order chi connectivity index (χ0) is 20.6. The van der Waals surface area contributed by atoms with E-state index in [1.54, 1.807) is 13.1 Å². The fraction of sp³-hybridized carbons (Fsp3) is 0.600. The SMILES string of the molecule is CN=C(NCCCCC(=O)OC)NCC1(c2cccc(C(F)(F)F)c2)CCC1. The molecule has 0 atom stereocenters. The van der Waals surface area contributed by atoms with E-state index in [0.29, 0.717) is 31.9 Å². The van der Waals surface area contributed by atoms with Gasteiger partial charge in [-0.2, -0.15) is 13.2 Å². The zero-order valence-corrected chi connectivity index (χ0v) is 16.4. The van der Waals surface area contributed by atoms with Crippen molar-refractivity contribution in [3.05, 3.63) is 35.4 Å². The van der Waals surface area contributed by atoms with Gasteiger partial charge in [0.1, 0.15) is 0 Å². The van der Waals surface area contributed by atoms with Crippen LogP contribution in [-0.4, -0.2) is 39.2 Å². The number of ether oxygens (including phenoxy) is 1. The monoisotopic (exact) mass is 399 g/mol. The summed E-state index contributed by atoms with van der Waals surface area (Å²) < 4.78 is 43.7. The molecular weight excluding hydrogens is 371 g/mol. The molecule has 156 valence electrons. The number of guanidine groups is 1. The van der Waals surface area contributed by atoms with E-state index < -0.39 is 11.7 Å². The molecule has 0 radical (unpaired) electrons. The standard InChI is InChI=1S/C20H28F3N3O2/c1-24-18(25-12-4-3-9-17(27)28-2)26-14-19(10-6-11-19)15-7-5-8-16(13-15)20(21,22)23/h5,7-8,13H,3-4,6,9-12,14H2,1-2H3,(H2,24,25,26). The Morgan fingerprint density at radius 2 is 2.00 bits per heavy atom. The maximum Gasteiger partial charge on any atom is 0.416 e. The minimum atomic E-state index is -4.34. The van der Waals surface area contributed by atoms with Gasteiger partial charge in [-0.1, -0.05) is 24.6 Å². The predicted octanol–water partition coefficient (Wildman–Crippen LogP) is 3.64. The fourth-order valence-corrected chi connectivity index (χ4v) is 3.37. The molecule has 0 unspecified atom stereocenters. The summed E-state index contributed by atoms with van der Waals surface area (Å²) in [5.74, 6) is 0.381. The molecule has 1 aliphatic rings. The highest BCUT2D eigenvalue weighted by atomic mass is 19.4. The predicted molar refractivity (Wildman–Crippen MR) is 102 cm³/mol. The number of esters is 1. The molecule has 0 amide bonds. The lowest BCUT2D eigenvalue weighted by molar-refractivity contribution is -0.140. The Morgan fingerprint density at radius 3 is 2.57 bits per heavy atom. The van der Waals surface area contributed by atoms with Crippen molar-refractivity contribution < 1.29 is 22.7 Å². The molecule has 5 nitrogen and oxygen atoms in total. The Balaban J connectivity index is 1.89. The van der Waals surface area contributed by atoms with Gasteiger partial charge in [0, 0.05) is 32.0 Å². The van der Waals surface area contributed by atoms with Gasteiger partial charge >= 0.3 is 12.1 Å². The van der Waals surface area contributed by atoms with Gasteiger partial charge in [-0.25, -0.2) is 0 Å². The highest BCUT2D eigenvalue weighted by Crippen LogP contribution is 2.44. The molecule has 1 saturated carbocycles.